The molecule has 0 aliphatic heterocycles. The Morgan fingerprint density at radius 1 is 1.13 bits per heavy atom. The Hall–Kier alpha value is -4.19. The number of methoxy groups -OCH3 is 1. The predicted molar refractivity (Wildman–Crippen MR) is 171 cm³/mol. The molecule has 0 spiro atoms. The minimum Gasteiger partial charge on any atom is -0.510 e. The van der Waals surface area contributed by atoms with Gasteiger partial charge < -0.3 is 30.9 Å². The van der Waals surface area contributed by atoms with Gasteiger partial charge in [0.25, 0.3) is 5.91 Å². The second-order valence-corrected chi connectivity index (χ2v) is 13.5. The lowest BCUT2D eigenvalue weighted by atomic mass is 9.58. The number of amides is 1. The van der Waals surface area contributed by atoms with Gasteiger partial charge in [0.15, 0.2) is 11.4 Å². The van der Waals surface area contributed by atoms with Crippen molar-refractivity contribution in [2.24, 2.45) is 17.6 Å². The van der Waals surface area contributed by atoms with E-state index in [1.165, 1.54) is 23.6 Å². The molecule has 0 fully saturated rings. The van der Waals surface area contributed by atoms with Crippen LogP contribution in [0.15, 0.2) is 59.1 Å². The number of rotatable bonds is 9. The molecule has 6 N–H and O–H groups in total. The van der Waals surface area contributed by atoms with Crippen molar-refractivity contribution in [3.63, 3.8) is 0 Å². The zero-order valence-corrected chi connectivity index (χ0v) is 27.1. The highest BCUT2D eigenvalue weighted by Crippen LogP contribution is 2.53. The van der Waals surface area contributed by atoms with E-state index in [1.807, 2.05) is 18.2 Å². The quantitative estimate of drug-likeness (QED) is 0.258. The number of primary amides is 1. The van der Waals surface area contributed by atoms with E-state index in [-0.39, 0.29) is 35.1 Å². The van der Waals surface area contributed by atoms with Gasteiger partial charge >= 0.3 is 0 Å². The van der Waals surface area contributed by atoms with Crippen LogP contribution < -0.4 is 10.5 Å². The monoisotopic (exact) mass is 633 g/mol. The maximum absolute atomic E-state index is 14.1. The molecule has 2 aromatic carbocycles. The summed E-state index contributed by atoms with van der Waals surface area (Å²) >= 11 is 0. The number of ether oxygens (including phenoxy) is 1. The van der Waals surface area contributed by atoms with Crippen LogP contribution in [-0.4, -0.2) is 93.6 Å². The van der Waals surface area contributed by atoms with Crippen molar-refractivity contribution >= 4 is 17.5 Å². The summed E-state index contributed by atoms with van der Waals surface area (Å²) in [6, 6.07) is 10.6. The summed E-state index contributed by atoms with van der Waals surface area (Å²) in [5.74, 6) is -6.42. The Morgan fingerprint density at radius 3 is 2.35 bits per heavy atom. The number of phenols is 1. The first-order valence-electron chi connectivity index (χ1n) is 15.4. The van der Waals surface area contributed by atoms with Crippen LogP contribution in [0, 0.1) is 11.8 Å². The number of likely N-dealkylation sites (N-methyl/N-ethyl adjacent to an activating group) is 2. The number of aliphatic hydroxyl groups is 3. The Bertz CT molecular complexity index is 1660. The van der Waals surface area contributed by atoms with E-state index < -0.39 is 58.0 Å². The SMILES string of the molecule is CCN(Cc1cc(O)c2c(c1OC)C[C@H]1C[C@H]3[C@H](N(C)C)C(O)=C(C(N)=O)C(=O)[C@@]3(O)C(O)=C1C2=O)CC(C)(C)c1ccccc1. The molecule has 46 heavy (non-hydrogen) atoms. The molecule has 246 valence electrons. The minimum atomic E-state index is -2.68. The Labute approximate surface area is 268 Å². The number of aromatic hydroxyl groups is 1. The smallest absolute Gasteiger partial charge is 0.255 e. The number of benzene rings is 2. The molecular weight excluding hydrogens is 590 g/mol. The fourth-order valence-corrected chi connectivity index (χ4v) is 7.79. The molecule has 2 aromatic rings. The maximum Gasteiger partial charge on any atom is 0.255 e. The van der Waals surface area contributed by atoms with E-state index in [4.69, 9.17) is 10.5 Å². The molecular formula is C35H43N3O8. The van der Waals surface area contributed by atoms with Crippen molar-refractivity contribution in [1.82, 2.24) is 9.80 Å². The third-order valence-corrected chi connectivity index (χ3v) is 9.97. The van der Waals surface area contributed by atoms with Gasteiger partial charge in [-0.15, -0.1) is 0 Å². The predicted octanol–water partition coefficient (Wildman–Crippen LogP) is 2.93. The van der Waals surface area contributed by atoms with Crippen molar-refractivity contribution in [2.45, 2.75) is 57.2 Å². The fourth-order valence-electron chi connectivity index (χ4n) is 7.79. The van der Waals surface area contributed by atoms with Gasteiger partial charge in [0.2, 0.25) is 5.78 Å². The molecule has 0 unspecified atom stereocenters. The van der Waals surface area contributed by atoms with Crippen molar-refractivity contribution in [2.75, 3.05) is 34.3 Å². The summed E-state index contributed by atoms with van der Waals surface area (Å²) in [5.41, 5.74) is 3.78. The molecule has 11 nitrogen and oxygen atoms in total. The van der Waals surface area contributed by atoms with Gasteiger partial charge in [0.05, 0.1) is 18.7 Å². The van der Waals surface area contributed by atoms with Crippen LogP contribution in [0.3, 0.4) is 0 Å². The summed E-state index contributed by atoms with van der Waals surface area (Å²) < 4.78 is 5.90. The number of nitrogens with zero attached hydrogens (tertiary/aromatic N) is 2. The van der Waals surface area contributed by atoms with E-state index in [1.54, 1.807) is 14.1 Å². The van der Waals surface area contributed by atoms with Crippen molar-refractivity contribution < 1.29 is 39.5 Å². The molecule has 1 amide bonds. The standard InChI is InChI=1S/C35H43N3O8/c1-7-38(17-34(2,3)20-11-9-8-10-12-20)16-19-15-23(39)25-21(30(19)46-6)13-18-14-22-27(37(4)5)29(41)26(33(36)44)32(43)35(22,45)31(42)24(18)28(25)40/h8-12,15,18,22,27,39,41-42,45H,7,13-14,16-17H2,1-6H3,(H2,36,44)/t18-,22-,27-,35-/m0/s1. The largest absolute Gasteiger partial charge is 0.510 e. The molecule has 0 aromatic heterocycles. The van der Waals surface area contributed by atoms with Gasteiger partial charge in [0.1, 0.15) is 28.6 Å². The van der Waals surface area contributed by atoms with Crippen molar-refractivity contribution in [1.29, 1.82) is 0 Å². The number of aliphatic hydroxyl groups excluding tert-OH is 2. The number of nitrogens with two attached hydrogens (primary N) is 1. The number of allylic oxidation sites excluding steroid dienone is 1. The first-order valence-corrected chi connectivity index (χ1v) is 15.4. The van der Waals surface area contributed by atoms with Gasteiger partial charge in [0, 0.05) is 41.1 Å². The molecule has 3 aliphatic rings. The van der Waals surface area contributed by atoms with Gasteiger partial charge in [-0.2, -0.15) is 0 Å². The number of phenolic OH excluding ortho intramolecular Hbond substituents is 1. The molecule has 0 bridgehead atoms. The molecule has 0 saturated heterocycles. The van der Waals surface area contributed by atoms with Gasteiger partial charge in [-0.25, -0.2) is 0 Å². The average Bonchev–Trinajstić information content (AvgIpc) is 2.98. The summed E-state index contributed by atoms with van der Waals surface area (Å²) in [7, 11) is 4.70. The number of hydrogen-bond acceptors (Lipinski definition) is 10. The third kappa shape index (κ3) is 5.06. The van der Waals surface area contributed by atoms with Gasteiger partial charge in [-0.1, -0.05) is 51.1 Å². The minimum absolute atomic E-state index is 0.00621. The van der Waals surface area contributed by atoms with Gasteiger partial charge in [-0.05, 0) is 51.0 Å². The first kappa shape index (κ1) is 33.2. The maximum atomic E-state index is 14.1. The number of carbonyl (C=O) groups excluding carboxylic acids is 3. The van der Waals surface area contributed by atoms with E-state index >= 15 is 0 Å². The van der Waals surface area contributed by atoms with E-state index in [0.29, 0.717) is 36.5 Å². The Kier molecular flexibility index (Phi) is 8.56. The molecule has 5 rings (SSSR count). The van der Waals surface area contributed by atoms with Crippen LogP contribution >= 0.6 is 0 Å². The molecule has 0 heterocycles. The van der Waals surface area contributed by atoms with Crippen LogP contribution in [0.4, 0.5) is 0 Å². The zero-order valence-electron chi connectivity index (χ0n) is 27.1. The summed E-state index contributed by atoms with van der Waals surface area (Å²) in [6.45, 7) is 8.25. The highest BCUT2D eigenvalue weighted by atomic mass is 16.5. The van der Waals surface area contributed by atoms with Gasteiger partial charge in [-0.3, -0.25) is 24.2 Å². The van der Waals surface area contributed by atoms with E-state index in [0.717, 1.165) is 0 Å². The lowest BCUT2D eigenvalue weighted by molar-refractivity contribution is -0.148. The second-order valence-electron chi connectivity index (χ2n) is 13.5. The first-order chi connectivity index (χ1) is 21.6. The number of fused-ring (bicyclic) bond motifs is 3. The summed E-state index contributed by atoms with van der Waals surface area (Å²) in [5, 5.41) is 45.6. The highest BCUT2D eigenvalue weighted by molar-refractivity contribution is 6.24. The van der Waals surface area contributed by atoms with Crippen LogP contribution in [-0.2, 0) is 28.0 Å². The molecule has 4 atom stereocenters. The normalized spacial score (nSPS) is 24.7. The Balaban J connectivity index is 1.57. The van der Waals surface area contributed by atoms with Crippen molar-refractivity contribution in [3.8, 4) is 11.5 Å². The number of hydrogen-bond donors (Lipinski definition) is 5. The third-order valence-electron chi connectivity index (χ3n) is 9.97. The average molecular weight is 634 g/mol. The summed E-state index contributed by atoms with van der Waals surface area (Å²) in [6.07, 6.45) is 0.160. The fraction of sp³-hybridized carbons (Fsp3) is 0.457. The number of ketones is 2. The Morgan fingerprint density at radius 2 is 1.78 bits per heavy atom. The molecule has 0 radical (unpaired) electrons. The summed E-state index contributed by atoms with van der Waals surface area (Å²) in [4.78, 5) is 43.6. The number of carbonyl (C=O) groups is 3. The molecule has 3 aliphatic carbocycles. The van der Waals surface area contributed by atoms with Crippen LogP contribution in [0.5, 0.6) is 11.5 Å². The second kappa shape index (κ2) is 11.9. The molecule has 0 saturated carbocycles. The van der Waals surface area contributed by atoms with E-state index in [9.17, 15) is 34.8 Å². The van der Waals surface area contributed by atoms with Crippen LogP contribution in [0.1, 0.15) is 54.2 Å². The zero-order chi connectivity index (χ0) is 33.9. The lowest BCUT2D eigenvalue weighted by Gasteiger charge is -2.50. The van der Waals surface area contributed by atoms with Crippen LogP contribution in [0.2, 0.25) is 0 Å². The highest BCUT2D eigenvalue weighted by Gasteiger charge is 2.63. The number of Topliss-reactive ketones (excluding diaryl/α,β-unsaturated/α-hetero) is 2. The topological polar surface area (TPSA) is 174 Å². The lowest BCUT2D eigenvalue weighted by Crippen LogP contribution is -2.63. The molecule has 11 heteroatoms. The van der Waals surface area contributed by atoms with E-state index in [2.05, 4.69) is 37.8 Å². The van der Waals surface area contributed by atoms with Crippen LogP contribution in [0.25, 0.3) is 0 Å². The van der Waals surface area contributed by atoms with Crippen molar-refractivity contribution in [3.05, 3.63) is 81.3 Å².